The first-order valence-electron chi connectivity index (χ1n) is 14.2. The molecule has 2 N–H and O–H groups in total. The van der Waals surface area contributed by atoms with Gasteiger partial charge in [0, 0.05) is 47.7 Å². The summed E-state index contributed by atoms with van der Waals surface area (Å²) in [7, 11) is 1.31. The molecule has 0 amide bonds. The molecule has 0 aromatic heterocycles. The van der Waals surface area contributed by atoms with E-state index in [4.69, 9.17) is 4.74 Å². The van der Waals surface area contributed by atoms with Gasteiger partial charge in [-0.05, 0) is 47.8 Å². The van der Waals surface area contributed by atoms with Crippen LogP contribution in [0.25, 0.3) is 0 Å². The second kappa shape index (κ2) is 9.36. The number of rotatable bonds is 6. The zero-order valence-electron chi connectivity index (χ0n) is 24.3. The van der Waals surface area contributed by atoms with Gasteiger partial charge in [0.15, 0.2) is 11.6 Å². The zero-order valence-corrected chi connectivity index (χ0v) is 24.3. The number of carbonyl (C=O) groups excluding carboxylic acids is 4. The van der Waals surface area contributed by atoms with Gasteiger partial charge in [-0.1, -0.05) is 48.5 Å². The van der Waals surface area contributed by atoms with E-state index in [9.17, 15) is 29.4 Å². The highest BCUT2D eigenvalue weighted by Crippen LogP contribution is 2.71. The van der Waals surface area contributed by atoms with Gasteiger partial charge >= 0.3 is 5.97 Å². The quantitative estimate of drug-likeness (QED) is 0.494. The van der Waals surface area contributed by atoms with Crippen molar-refractivity contribution in [2.45, 2.75) is 106 Å². The van der Waals surface area contributed by atoms with Crippen LogP contribution in [0.3, 0.4) is 0 Å². The van der Waals surface area contributed by atoms with Crippen molar-refractivity contribution in [3.63, 3.8) is 0 Å². The largest absolute Gasteiger partial charge is 0.469 e. The van der Waals surface area contributed by atoms with Gasteiger partial charge in [-0.25, -0.2) is 0 Å². The standard InChI is InChI=1S/C31H46O7/c1-16(11-18(32)12-17(2)27(37)38-8)19-13-24(36)31(7)26-20(33)14-22-28(3,4)23(35)9-10-29(22,5)25(26)21(34)15-30(19,31)6/h16-17,19,22-24,35-36H,9-15H2,1-8H3. The molecule has 7 heteroatoms. The molecule has 9 atom stereocenters. The third kappa shape index (κ3) is 3.89. The Bertz CT molecular complexity index is 1090. The minimum absolute atomic E-state index is 0.0235. The van der Waals surface area contributed by atoms with Crippen molar-refractivity contribution < 1.29 is 34.1 Å². The molecule has 9 unspecified atom stereocenters. The van der Waals surface area contributed by atoms with Gasteiger partial charge in [-0.15, -0.1) is 0 Å². The second-order valence-corrected chi connectivity index (χ2v) is 14.1. The molecule has 0 aliphatic heterocycles. The average molecular weight is 531 g/mol. The van der Waals surface area contributed by atoms with Gasteiger partial charge in [0.05, 0.1) is 25.2 Å². The van der Waals surface area contributed by atoms with Crippen LogP contribution < -0.4 is 0 Å². The van der Waals surface area contributed by atoms with E-state index in [-0.39, 0.29) is 60.8 Å². The molecule has 4 aliphatic rings. The summed E-state index contributed by atoms with van der Waals surface area (Å²) in [5.41, 5.74) is -1.52. The number of methoxy groups -OCH3 is 1. The Morgan fingerprint density at radius 3 is 2.21 bits per heavy atom. The van der Waals surface area contributed by atoms with Crippen LogP contribution in [0.15, 0.2) is 11.1 Å². The molecule has 4 aliphatic carbocycles. The predicted octanol–water partition coefficient (Wildman–Crippen LogP) is 4.22. The molecule has 2 saturated carbocycles. The van der Waals surface area contributed by atoms with E-state index in [1.165, 1.54) is 7.11 Å². The number of carbonyl (C=O) groups is 4. The number of hydrogen-bond acceptors (Lipinski definition) is 7. The molecule has 0 heterocycles. The molecule has 212 valence electrons. The highest BCUT2D eigenvalue weighted by Gasteiger charge is 2.70. The third-order valence-electron chi connectivity index (χ3n) is 11.8. The Morgan fingerprint density at radius 1 is 0.974 bits per heavy atom. The van der Waals surface area contributed by atoms with E-state index in [2.05, 4.69) is 6.92 Å². The molecular weight excluding hydrogens is 484 g/mol. The summed E-state index contributed by atoms with van der Waals surface area (Å²) >= 11 is 0. The highest BCUT2D eigenvalue weighted by atomic mass is 16.5. The third-order valence-corrected chi connectivity index (χ3v) is 11.8. The molecule has 2 fully saturated rings. The normalized spacial score (nSPS) is 41.6. The van der Waals surface area contributed by atoms with Gasteiger partial charge in [0.1, 0.15) is 5.78 Å². The summed E-state index contributed by atoms with van der Waals surface area (Å²) in [5.74, 6) is -1.51. The minimum Gasteiger partial charge on any atom is -0.469 e. The van der Waals surface area contributed by atoms with Crippen LogP contribution in [0, 0.1) is 45.3 Å². The maximum Gasteiger partial charge on any atom is 0.308 e. The number of Topliss-reactive ketones (excluding diaryl/α,β-unsaturated/α-hetero) is 3. The summed E-state index contributed by atoms with van der Waals surface area (Å²) in [6.07, 6.45) is 1.09. The number of fused-ring (bicyclic) bond motifs is 4. The first kappa shape index (κ1) is 29.1. The minimum atomic E-state index is -0.900. The number of allylic oxidation sites excluding steroid dienone is 1. The number of ketones is 3. The Morgan fingerprint density at radius 2 is 1.61 bits per heavy atom. The lowest BCUT2D eigenvalue weighted by Crippen LogP contribution is -2.60. The monoisotopic (exact) mass is 530 g/mol. The van der Waals surface area contributed by atoms with Gasteiger partial charge in [-0.2, -0.15) is 0 Å². The molecule has 0 spiro atoms. The molecule has 7 nitrogen and oxygen atoms in total. The summed E-state index contributed by atoms with van der Waals surface area (Å²) in [5, 5.41) is 22.4. The highest BCUT2D eigenvalue weighted by molar-refractivity contribution is 6.11. The fourth-order valence-corrected chi connectivity index (χ4v) is 9.31. The van der Waals surface area contributed by atoms with E-state index in [0.29, 0.717) is 30.4 Å². The van der Waals surface area contributed by atoms with Crippen molar-refractivity contribution in [3.05, 3.63) is 11.1 Å². The molecule has 0 saturated heterocycles. The van der Waals surface area contributed by atoms with Crippen molar-refractivity contribution in [3.8, 4) is 0 Å². The predicted molar refractivity (Wildman–Crippen MR) is 142 cm³/mol. The molecule has 0 aromatic carbocycles. The topological polar surface area (TPSA) is 118 Å². The van der Waals surface area contributed by atoms with Gasteiger partial charge < -0.3 is 14.9 Å². The zero-order chi connectivity index (χ0) is 28.6. The number of hydrogen-bond donors (Lipinski definition) is 2. The summed E-state index contributed by atoms with van der Waals surface area (Å²) < 4.78 is 4.76. The van der Waals surface area contributed by atoms with Crippen molar-refractivity contribution in [2.24, 2.45) is 45.3 Å². The van der Waals surface area contributed by atoms with Gasteiger partial charge in [0.2, 0.25) is 0 Å². The Hall–Kier alpha value is -1.86. The Balaban J connectivity index is 1.71. The fraction of sp³-hybridized carbons (Fsp3) is 0.806. The second-order valence-electron chi connectivity index (χ2n) is 14.1. The summed E-state index contributed by atoms with van der Waals surface area (Å²) in [4.78, 5) is 52.7. The molecule has 0 aromatic rings. The summed E-state index contributed by atoms with van der Waals surface area (Å²) in [6.45, 7) is 13.7. The van der Waals surface area contributed by atoms with Gasteiger partial charge in [0.25, 0.3) is 0 Å². The molecule has 38 heavy (non-hydrogen) atoms. The van der Waals surface area contributed by atoms with Crippen molar-refractivity contribution in [2.75, 3.05) is 7.11 Å². The average Bonchev–Trinajstić information content (AvgIpc) is 3.03. The van der Waals surface area contributed by atoms with Crippen LogP contribution >= 0.6 is 0 Å². The lowest BCUT2D eigenvalue weighted by atomic mass is 9.42. The number of ether oxygens (including phenoxy) is 1. The molecule has 0 radical (unpaired) electrons. The Kier molecular flexibility index (Phi) is 7.18. The van der Waals surface area contributed by atoms with Crippen LogP contribution in [0.5, 0.6) is 0 Å². The van der Waals surface area contributed by atoms with Crippen LogP contribution in [0.4, 0.5) is 0 Å². The molecular formula is C31H46O7. The van der Waals surface area contributed by atoms with E-state index in [0.717, 1.165) is 0 Å². The fourth-order valence-electron chi connectivity index (χ4n) is 9.31. The van der Waals surface area contributed by atoms with E-state index < -0.39 is 45.8 Å². The Labute approximate surface area is 226 Å². The van der Waals surface area contributed by atoms with E-state index >= 15 is 0 Å². The van der Waals surface area contributed by atoms with Crippen LogP contribution in [0.1, 0.15) is 93.4 Å². The number of aliphatic hydroxyl groups is 2. The number of aliphatic hydroxyl groups excluding tert-OH is 2. The maximum atomic E-state index is 14.1. The van der Waals surface area contributed by atoms with E-state index in [1.54, 1.807) is 6.92 Å². The van der Waals surface area contributed by atoms with Crippen LogP contribution in [0.2, 0.25) is 0 Å². The lowest BCUT2D eigenvalue weighted by Gasteiger charge is -2.60. The summed E-state index contributed by atoms with van der Waals surface area (Å²) in [6, 6.07) is 0. The lowest BCUT2D eigenvalue weighted by molar-refractivity contribution is -0.146. The van der Waals surface area contributed by atoms with Crippen LogP contribution in [-0.4, -0.2) is 52.8 Å². The van der Waals surface area contributed by atoms with E-state index in [1.807, 2.05) is 34.6 Å². The smallest absolute Gasteiger partial charge is 0.308 e. The first-order chi connectivity index (χ1) is 17.5. The van der Waals surface area contributed by atoms with Gasteiger partial charge in [-0.3, -0.25) is 19.2 Å². The molecule has 0 bridgehead atoms. The maximum absolute atomic E-state index is 14.1. The van der Waals surface area contributed by atoms with Crippen molar-refractivity contribution in [1.29, 1.82) is 0 Å². The van der Waals surface area contributed by atoms with Crippen molar-refractivity contribution in [1.82, 2.24) is 0 Å². The van der Waals surface area contributed by atoms with Crippen LogP contribution in [-0.2, 0) is 23.9 Å². The molecule has 4 rings (SSSR count). The number of esters is 1. The SMILES string of the molecule is COC(=O)C(C)CC(=O)CC(C)C1CC(O)C2(C)C3=C(C(=O)CC12C)C1(C)CCC(O)C(C)(C)C1CC3=O. The van der Waals surface area contributed by atoms with Crippen molar-refractivity contribution >= 4 is 23.3 Å². The first-order valence-corrected chi connectivity index (χ1v) is 14.2.